The molecule has 2 nitrogen and oxygen atoms in total. The number of likely N-dealkylation sites (tertiary alicyclic amines) is 1. The number of nitrogens with one attached hydrogen (secondary N) is 1. The van der Waals surface area contributed by atoms with E-state index in [-0.39, 0.29) is 0 Å². The highest BCUT2D eigenvalue weighted by molar-refractivity contribution is 4.76. The molecule has 0 spiro atoms. The average Bonchev–Trinajstić information content (AvgIpc) is 2.36. The van der Waals surface area contributed by atoms with Gasteiger partial charge in [0.15, 0.2) is 6.30 Å². The van der Waals surface area contributed by atoms with Crippen LogP contribution in [-0.4, -0.2) is 36.9 Å². The van der Waals surface area contributed by atoms with Crippen molar-refractivity contribution in [2.45, 2.75) is 65.3 Å². The number of hydrogen-bond acceptors (Lipinski definition) is 2. The van der Waals surface area contributed by atoms with Gasteiger partial charge in [0.2, 0.25) is 0 Å². The van der Waals surface area contributed by atoms with Crippen molar-refractivity contribution in [1.82, 2.24) is 10.2 Å². The average molecular weight is 218 g/mol. The van der Waals surface area contributed by atoms with Gasteiger partial charge in [-0.3, -0.25) is 4.90 Å². The summed E-state index contributed by atoms with van der Waals surface area (Å²) in [4.78, 5) is 1.81. The van der Waals surface area contributed by atoms with Crippen LogP contribution in [0.2, 0.25) is 0 Å². The zero-order valence-corrected chi connectivity index (χ0v) is 10.9. The Morgan fingerprint density at radius 2 is 1.80 bits per heavy atom. The molecular weight excluding hydrogens is 191 g/mol. The SMILES string of the molecule is CC.CC(C)NC1CCC(F)N(C)CC1. The van der Waals surface area contributed by atoms with Crippen LogP contribution in [0, 0.1) is 0 Å². The van der Waals surface area contributed by atoms with Crippen molar-refractivity contribution in [3.63, 3.8) is 0 Å². The second-order valence-corrected chi connectivity index (χ2v) is 4.30. The van der Waals surface area contributed by atoms with Gasteiger partial charge in [0.25, 0.3) is 0 Å². The van der Waals surface area contributed by atoms with Crippen molar-refractivity contribution in [2.24, 2.45) is 0 Å². The fourth-order valence-electron chi connectivity index (χ4n) is 1.84. The fourth-order valence-corrected chi connectivity index (χ4v) is 1.84. The molecule has 0 aromatic heterocycles. The third kappa shape index (κ3) is 6.10. The van der Waals surface area contributed by atoms with Crippen LogP contribution in [0.3, 0.4) is 0 Å². The Morgan fingerprint density at radius 1 is 1.20 bits per heavy atom. The number of nitrogens with zero attached hydrogens (tertiary/aromatic N) is 1. The molecule has 0 aromatic rings. The smallest absolute Gasteiger partial charge is 0.153 e. The molecule has 0 saturated carbocycles. The van der Waals surface area contributed by atoms with Crippen molar-refractivity contribution < 1.29 is 4.39 Å². The highest BCUT2D eigenvalue weighted by atomic mass is 19.1. The topological polar surface area (TPSA) is 15.3 Å². The molecule has 15 heavy (non-hydrogen) atoms. The summed E-state index contributed by atoms with van der Waals surface area (Å²) >= 11 is 0. The minimum atomic E-state index is -0.737. The summed E-state index contributed by atoms with van der Waals surface area (Å²) < 4.78 is 13.2. The Kier molecular flexibility index (Phi) is 7.97. The first kappa shape index (κ1) is 14.8. The molecule has 0 radical (unpaired) electrons. The van der Waals surface area contributed by atoms with Gasteiger partial charge in [-0.25, -0.2) is 4.39 Å². The second-order valence-electron chi connectivity index (χ2n) is 4.30. The van der Waals surface area contributed by atoms with E-state index in [0.29, 0.717) is 18.5 Å². The van der Waals surface area contributed by atoms with Crippen molar-refractivity contribution in [3.8, 4) is 0 Å². The molecule has 0 amide bonds. The molecule has 2 unspecified atom stereocenters. The van der Waals surface area contributed by atoms with Gasteiger partial charge >= 0.3 is 0 Å². The number of hydrogen-bond donors (Lipinski definition) is 1. The first-order chi connectivity index (χ1) is 7.09. The Balaban J connectivity index is 0.000000921. The summed E-state index contributed by atoms with van der Waals surface area (Å²) in [6.45, 7) is 9.15. The summed E-state index contributed by atoms with van der Waals surface area (Å²) in [5.41, 5.74) is 0. The lowest BCUT2D eigenvalue weighted by Crippen LogP contribution is -2.35. The Morgan fingerprint density at radius 3 is 2.33 bits per heavy atom. The van der Waals surface area contributed by atoms with E-state index < -0.39 is 6.30 Å². The fraction of sp³-hybridized carbons (Fsp3) is 1.00. The summed E-state index contributed by atoms with van der Waals surface area (Å²) in [5.74, 6) is 0. The van der Waals surface area contributed by atoms with Gasteiger partial charge in [0.05, 0.1) is 0 Å². The van der Waals surface area contributed by atoms with Gasteiger partial charge in [-0.15, -0.1) is 0 Å². The van der Waals surface area contributed by atoms with E-state index in [1.54, 1.807) is 0 Å². The van der Waals surface area contributed by atoms with Crippen LogP contribution in [-0.2, 0) is 0 Å². The van der Waals surface area contributed by atoms with Gasteiger partial charge in [0, 0.05) is 18.6 Å². The zero-order chi connectivity index (χ0) is 11.8. The van der Waals surface area contributed by atoms with Crippen molar-refractivity contribution >= 4 is 0 Å². The van der Waals surface area contributed by atoms with Crippen LogP contribution in [0.1, 0.15) is 47.0 Å². The Labute approximate surface area is 94.2 Å². The zero-order valence-electron chi connectivity index (χ0n) is 10.9. The van der Waals surface area contributed by atoms with Crippen LogP contribution in [0.15, 0.2) is 0 Å². The molecule has 3 heteroatoms. The van der Waals surface area contributed by atoms with Crippen LogP contribution >= 0.6 is 0 Å². The lowest BCUT2D eigenvalue weighted by atomic mass is 10.1. The van der Waals surface area contributed by atoms with Crippen LogP contribution in [0.5, 0.6) is 0 Å². The molecule has 1 saturated heterocycles. The Bertz CT molecular complexity index is 139. The molecule has 1 fully saturated rings. The van der Waals surface area contributed by atoms with E-state index in [0.717, 1.165) is 19.4 Å². The van der Waals surface area contributed by atoms with Crippen molar-refractivity contribution in [1.29, 1.82) is 0 Å². The minimum Gasteiger partial charge on any atom is -0.312 e. The van der Waals surface area contributed by atoms with Crippen LogP contribution in [0.4, 0.5) is 4.39 Å². The normalized spacial score (nSPS) is 28.2. The maximum absolute atomic E-state index is 13.2. The summed E-state index contributed by atoms with van der Waals surface area (Å²) in [5, 5.41) is 3.47. The number of halogens is 1. The molecule has 1 aliphatic heterocycles. The predicted octanol–water partition coefficient (Wildman–Crippen LogP) is 2.79. The molecule has 0 aromatic carbocycles. The molecule has 0 aliphatic carbocycles. The molecule has 92 valence electrons. The van der Waals surface area contributed by atoms with Gasteiger partial charge in [-0.05, 0) is 26.3 Å². The second kappa shape index (κ2) is 8.05. The maximum Gasteiger partial charge on any atom is 0.153 e. The molecule has 1 rings (SSSR count). The summed E-state index contributed by atoms with van der Waals surface area (Å²) in [7, 11) is 1.86. The highest BCUT2D eigenvalue weighted by Crippen LogP contribution is 2.16. The van der Waals surface area contributed by atoms with Gasteiger partial charge < -0.3 is 5.32 Å². The largest absolute Gasteiger partial charge is 0.312 e. The number of rotatable bonds is 2. The summed E-state index contributed by atoms with van der Waals surface area (Å²) in [6, 6.07) is 1.01. The summed E-state index contributed by atoms with van der Waals surface area (Å²) in [6.07, 6.45) is 1.96. The highest BCUT2D eigenvalue weighted by Gasteiger charge is 2.21. The van der Waals surface area contributed by atoms with Gasteiger partial charge in [-0.2, -0.15) is 0 Å². The monoisotopic (exact) mass is 218 g/mol. The van der Waals surface area contributed by atoms with E-state index >= 15 is 0 Å². The van der Waals surface area contributed by atoms with Gasteiger partial charge in [-0.1, -0.05) is 27.7 Å². The number of alkyl halides is 1. The van der Waals surface area contributed by atoms with E-state index in [9.17, 15) is 4.39 Å². The van der Waals surface area contributed by atoms with E-state index in [1.807, 2.05) is 25.8 Å². The molecule has 1 N–H and O–H groups in total. The Hall–Kier alpha value is -0.150. The van der Waals surface area contributed by atoms with Crippen molar-refractivity contribution in [2.75, 3.05) is 13.6 Å². The lowest BCUT2D eigenvalue weighted by molar-refractivity contribution is 0.112. The first-order valence-electron chi connectivity index (χ1n) is 6.20. The third-order valence-corrected chi connectivity index (χ3v) is 2.63. The third-order valence-electron chi connectivity index (χ3n) is 2.63. The standard InChI is InChI=1S/C10H21FN2.C2H6/c1-8(2)12-9-4-5-10(11)13(3)7-6-9;1-2/h8-10,12H,4-7H2,1-3H3;1-2H3. The molecular formula is C12H27FN2. The molecule has 0 bridgehead atoms. The van der Waals surface area contributed by atoms with E-state index in [2.05, 4.69) is 19.2 Å². The van der Waals surface area contributed by atoms with E-state index in [4.69, 9.17) is 0 Å². The molecule has 2 atom stereocenters. The molecule has 1 aliphatic rings. The minimum absolute atomic E-state index is 0.503. The molecule has 1 heterocycles. The van der Waals surface area contributed by atoms with Gasteiger partial charge in [0.1, 0.15) is 0 Å². The lowest BCUT2D eigenvalue weighted by Gasteiger charge is -2.19. The van der Waals surface area contributed by atoms with Crippen LogP contribution in [0.25, 0.3) is 0 Å². The predicted molar refractivity (Wildman–Crippen MR) is 64.8 cm³/mol. The van der Waals surface area contributed by atoms with Crippen molar-refractivity contribution in [3.05, 3.63) is 0 Å². The first-order valence-corrected chi connectivity index (χ1v) is 6.20. The van der Waals surface area contributed by atoms with E-state index in [1.165, 1.54) is 0 Å². The quantitative estimate of drug-likeness (QED) is 0.717. The maximum atomic E-state index is 13.2. The van der Waals surface area contributed by atoms with Crippen LogP contribution < -0.4 is 5.32 Å².